The molecule has 2 heteroatoms. The van der Waals surface area contributed by atoms with Crippen molar-refractivity contribution in [3.8, 4) is 44.6 Å². The first-order valence-corrected chi connectivity index (χ1v) is 15.0. The molecule has 0 atom stereocenters. The average molecular weight is 551 g/mol. The van der Waals surface area contributed by atoms with Crippen LogP contribution < -0.4 is 0 Å². The zero-order chi connectivity index (χ0) is 28.8. The minimum atomic E-state index is 0.941. The minimum Gasteiger partial charge on any atom is -0.261 e. The van der Waals surface area contributed by atoms with E-state index >= 15 is 0 Å². The van der Waals surface area contributed by atoms with Crippen LogP contribution >= 0.6 is 0 Å². The Bertz CT molecular complexity index is 2130. The van der Waals surface area contributed by atoms with Crippen molar-refractivity contribution in [2.24, 2.45) is 0 Å². The molecule has 43 heavy (non-hydrogen) atoms. The van der Waals surface area contributed by atoms with E-state index in [2.05, 4.69) is 126 Å². The number of fused-ring (bicyclic) bond motifs is 3. The molecule has 0 radical (unpaired) electrons. The SMILES string of the molecule is Cc1ncccc1-c1ccc(-c2cccc(-c3c4ccccc4c(-c4ccc5c(c4)CCC=C5)c4ccccc34)c2)cn1. The second-order valence-electron chi connectivity index (χ2n) is 11.3. The minimum absolute atomic E-state index is 0.941. The second-order valence-corrected chi connectivity index (χ2v) is 11.3. The molecule has 7 aromatic rings. The van der Waals surface area contributed by atoms with Gasteiger partial charge in [0.1, 0.15) is 0 Å². The zero-order valence-electron chi connectivity index (χ0n) is 24.1. The fourth-order valence-corrected chi connectivity index (χ4v) is 6.67. The van der Waals surface area contributed by atoms with Gasteiger partial charge in [-0.15, -0.1) is 0 Å². The summed E-state index contributed by atoms with van der Waals surface area (Å²) < 4.78 is 0. The van der Waals surface area contributed by atoms with Crippen molar-refractivity contribution in [2.45, 2.75) is 19.8 Å². The summed E-state index contributed by atoms with van der Waals surface area (Å²) in [5.74, 6) is 0. The molecule has 0 spiro atoms. The Morgan fingerprint density at radius 1 is 0.558 bits per heavy atom. The summed E-state index contributed by atoms with van der Waals surface area (Å²) in [4.78, 5) is 9.25. The Morgan fingerprint density at radius 2 is 1.23 bits per heavy atom. The molecule has 5 aromatic carbocycles. The molecule has 0 unspecified atom stereocenters. The van der Waals surface area contributed by atoms with Crippen LogP contribution in [0.3, 0.4) is 0 Å². The summed E-state index contributed by atoms with van der Waals surface area (Å²) >= 11 is 0. The van der Waals surface area contributed by atoms with E-state index in [4.69, 9.17) is 4.98 Å². The fraction of sp³-hybridized carbons (Fsp3) is 0.0732. The normalized spacial score (nSPS) is 12.5. The first-order chi connectivity index (χ1) is 21.2. The number of pyridine rings is 2. The van der Waals surface area contributed by atoms with Gasteiger partial charge in [-0.05, 0) is 105 Å². The molecule has 0 fully saturated rings. The van der Waals surface area contributed by atoms with Gasteiger partial charge < -0.3 is 0 Å². The Labute approximate surface area is 252 Å². The number of aryl methyl sites for hydroxylation is 2. The van der Waals surface area contributed by atoms with Crippen molar-refractivity contribution in [3.05, 3.63) is 151 Å². The van der Waals surface area contributed by atoms with E-state index < -0.39 is 0 Å². The molecule has 1 aliphatic carbocycles. The third-order valence-electron chi connectivity index (χ3n) is 8.77. The number of hydrogen-bond donors (Lipinski definition) is 0. The van der Waals surface area contributed by atoms with Crippen molar-refractivity contribution in [3.63, 3.8) is 0 Å². The van der Waals surface area contributed by atoms with Gasteiger partial charge in [0.25, 0.3) is 0 Å². The predicted octanol–water partition coefficient (Wildman–Crippen LogP) is 10.7. The predicted molar refractivity (Wildman–Crippen MR) is 181 cm³/mol. The van der Waals surface area contributed by atoms with Gasteiger partial charge in [-0.3, -0.25) is 9.97 Å². The summed E-state index contributed by atoms with van der Waals surface area (Å²) in [6.45, 7) is 2.03. The zero-order valence-corrected chi connectivity index (χ0v) is 24.1. The van der Waals surface area contributed by atoms with E-state index in [1.807, 2.05) is 25.4 Å². The molecule has 204 valence electrons. The summed E-state index contributed by atoms with van der Waals surface area (Å²) in [6, 6.07) is 42.0. The topological polar surface area (TPSA) is 25.8 Å². The summed E-state index contributed by atoms with van der Waals surface area (Å²) in [5, 5.41) is 5.11. The summed E-state index contributed by atoms with van der Waals surface area (Å²) in [7, 11) is 0. The highest BCUT2D eigenvalue weighted by atomic mass is 14.7. The third-order valence-corrected chi connectivity index (χ3v) is 8.77. The van der Waals surface area contributed by atoms with E-state index in [-0.39, 0.29) is 0 Å². The molecule has 2 heterocycles. The first-order valence-electron chi connectivity index (χ1n) is 15.0. The van der Waals surface area contributed by atoms with Gasteiger partial charge in [0.2, 0.25) is 0 Å². The van der Waals surface area contributed by atoms with Crippen LogP contribution in [0.5, 0.6) is 0 Å². The first kappa shape index (κ1) is 25.4. The molecule has 0 amide bonds. The molecule has 0 N–H and O–H groups in total. The number of aromatic nitrogens is 2. The van der Waals surface area contributed by atoms with Crippen LogP contribution in [-0.2, 0) is 6.42 Å². The Kier molecular flexibility index (Phi) is 6.19. The van der Waals surface area contributed by atoms with Crippen LogP contribution in [0.4, 0.5) is 0 Å². The van der Waals surface area contributed by atoms with Crippen molar-refractivity contribution in [1.29, 1.82) is 0 Å². The smallest absolute Gasteiger partial charge is 0.0720 e. The van der Waals surface area contributed by atoms with Gasteiger partial charge >= 0.3 is 0 Å². The monoisotopic (exact) mass is 550 g/mol. The van der Waals surface area contributed by atoms with Crippen molar-refractivity contribution in [2.75, 3.05) is 0 Å². The van der Waals surface area contributed by atoms with Gasteiger partial charge in [0.05, 0.1) is 5.69 Å². The average Bonchev–Trinajstić information content (AvgIpc) is 3.07. The number of allylic oxidation sites excluding steroid dienone is 1. The maximum Gasteiger partial charge on any atom is 0.0720 e. The van der Waals surface area contributed by atoms with Crippen LogP contribution in [0.2, 0.25) is 0 Å². The Morgan fingerprint density at radius 3 is 1.91 bits per heavy atom. The maximum absolute atomic E-state index is 4.82. The molecule has 2 nitrogen and oxygen atoms in total. The molecule has 0 saturated heterocycles. The van der Waals surface area contributed by atoms with Crippen LogP contribution in [0, 0.1) is 6.92 Å². The maximum atomic E-state index is 4.82. The number of benzene rings is 5. The largest absolute Gasteiger partial charge is 0.261 e. The molecule has 0 bridgehead atoms. The van der Waals surface area contributed by atoms with E-state index in [1.54, 1.807) is 0 Å². The number of nitrogens with zero attached hydrogens (tertiary/aromatic N) is 2. The second kappa shape index (κ2) is 10.5. The molecule has 0 aliphatic heterocycles. The van der Waals surface area contributed by atoms with Crippen molar-refractivity contribution in [1.82, 2.24) is 9.97 Å². The Balaban J connectivity index is 1.29. The highest BCUT2D eigenvalue weighted by molar-refractivity contribution is 6.21. The van der Waals surface area contributed by atoms with Crippen LogP contribution in [-0.4, -0.2) is 9.97 Å². The lowest BCUT2D eigenvalue weighted by atomic mass is 9.84. The quantitative estimate of drug-likeness (QED) is 0.204. The van der Waals surface area contributed by atoms with Gasteiger partial charge in [-0.25, -0.2) is 0 Å². The van der Waals surface area contributed by atoms with Gasteiger partial charge in [-0.2, -0.15) is 0 Å². The lowest BCUT2D eigenvalue weighted by molar-refractivity contribution is 0.986. The molecule has 8 rings (SSSR count). The Hall–Kier alpha value is -5.34. The highest BCUT2D eigenvalue weighted by Gasteiger charge is 2.18. The third kappa shape index (κ3) is 4.43. The fourth-order valence-electron chi connectivity index (χ4n) is 6.67. The standard InChI is InChI=1S/C41H30N2/c1-27-34(18-9-23-42-27)39-22-21-33(26-43-39)30-12-8-13-31(25-30)40-35-14-4-6-16-37(35)41(38-17-7-5-15-36(38)40)32-20-19-28-10-2-3-11-29(28)24-32/h2,4-10,12-26H,3,11H2,1H3. The lowest BCUT2D eigenvalue weighted by Gasteiger charge is -2.19. The van der Waals surface area contributed by atoms with Gasteiger partial charge in [0.15, 0.2) is 0 Å². The lowest BCUT2D eigenvalue weighted by Crippen LogP contribution is -1.96. The molecular formula is C41H30N2. The van der Waals surface area contributed by atoms with Crippen molar-refractivity contribution < 1.29 is 0 Å². The summed E-state index contributed by atoms with van der Waals surface area (Å²) in [6.07, 6.45) is 10.5. The van der Waals surface area contributed by atoms with Crippen LogP contribution in [0.1, 0.15) is 23.2 Å². The molecule has 0 saturated carbocycles. The van der Waals surface area contributed by atoms with E-state index in [0.29, 0.717) is 0 Å². The van der Waals surface area contributed by atoms with E-state index in [1.165, 1.54) is 54.9 Å². The number of hydrogen-bond acceptors (Lipinski definition) is 2. The molecule has 2 aromatic heterocycles. The summed E-state index contributed by atoms with van der Waals surface area (Å²) in [5.41, 5.74) is 13.1. The highest BCUT2D eigenvalue weighted by Crippen LogP contribution is 2.44. The van der Waals surface area contributed by atoms with Gasteiger partial charge in [-0.1, -0.05) is 103 Å². The van der Waals surface area contributed by atoms with E-state index in [0.717, 1.165) is 40.9 Å². The van der Waals surface area contributed by atoms with Crippen LogP contribution in [0.25, 0.3) is 72.3 Å². The molecular weight excluding hydrogens is 520 g/mol. The van der Waals surface area contributed by atoms with Crippen molar-refractivity contribution >= 4 is 27.6 Å². The van der Waals surface area contributed by atoms with E-state index in [9.17, 15) is 0 Å². The van der Waals surface area contributed by atoms with Crippen LogP contribution in [0.15, 0.2) is 134 Å². The molecule has 1 aliphatic rings. The number of rotatable bonds is 4. The van der Waals surface area contributed by atoms with Gasteiger partial charge in [0, 0.05) is 29.2 Å².